The number of urea groups is 1. The maximum Gasteiger partial charge on any atom is 0.325 e. The largest absolute Gasteiger partial charge is 0.497 e. The molecule has 2 N–H and O–H groups in total. The number of fused-ring (bicyclic) bond motifs is 3. The summed E-state index contributed by atoms with van der Waals surface area (Å²) in [4.78, 5) is 33.2. The molecule has 1 aromatic carbocycles. The molecule has 0 radical (unpaired) electrons. The predicted molar refractivity (Wildman–Crippen MR) is 153 cm³/mol. The third kappa shape index (κ3) is 5.01. The number of hydrogen-bond donors (Lipinski definition) is 2. The lowest BCUT2D eigenvalue weighted by molar-refractivity contribution is -0.135. The topological polar surface area (TPSA) is 98.2 Å². The molecule has 0 aromatic heterocycles. The van der Waals surface area contributed by atoms with Crippen LogP contribution in [0.2, 0.25) is 0 Å². The van der Waals surface area contributed by atoms with Crippen LogP contribution in [-0.4, -0.2) is 84.8 Å². The van der Waals surface area contributed by atoms with Gasteiger partial charge in [0.1, 0.15) is 11.5 Å². The fourth-order valence-electron chi connectivity index (χ4n) is 6.40. The maximum atomic E-state index is 13.8. The summed E-state index contributed by atoms with van der Waals surface area (Å²) in [5, 5.41) is 11.6. The van der Waals surface area contributed by atoms with Crippen molar-refractivity contribution in [2.75, 3.05) is 40.9 Å². The molecule has 2 atom stereocenters. The van der Waals surface area contributed by atoms with E-state index < -0.39 is 11.6 Å². The Morgan fingerprint density at radius 2 is 1.87 bits per heavy atom. The Bertz CT molecular complexity index is 1160. The van der Waals surface area contributed by atoms with Gasteiger partial charge in [-0.05, 0) is 43.9 Å². The second-order valence-corrected chi connectivity index (χ2v) is 12.0. The molecule has 3 aliphatic heterocycles. The van der Waals surface area contributed by atoms with E-state index in [0.717, 1.165) is 22.6 Å². The summed E-state index contributed by atoms with van der Waals surface area (Å²) in [7, 11) is 5.09. The van der Waals surface area contributed by atoms with Crippen LogP contribution in [0.4, 0.5) is 4.79 Å². The first-order valence-electron chi connectivity index (χ1n) is 14.0. The molecule has 1 aromatic rings. The highest BCUT2D eigenvalue weighted by Gasteiger charge is 2.55. The SMILES string of the molecule is CCN1C(=O)N2Cc3cc(OC)cc(OC)c3[C@@H](C)C=C2C12CCN(C(=O)C(CC(=N)C(C)(C)C)NC)CC2. The molecule has 3 heterocycles. The number of ether oxygens (including phenoxy) is 2. The molecule has 2 saturated heterocycles. The van der Waals surface area contributed by atoms with Crippen LogP contribution < -0.4 is 14.8 Å². The van der Waals surface area contributed by atoms with Crippen LogP contribution >= 0.6 is 0 Å². The lowest BCUT2D eigenvalue weighted by Gasteiger charge is -2.45. The molecule has 3 amide bonds. The molecule has 1 spiro atoms. The zero-order chi connectivity index (χ0) is 28.7. The zero-order valence-electron chi connectivity index (χ0n) is 24.8. The maximum absolute atomic E-state index is 13.8. The number of rotatable bonds is 7. The number of likely N-dealkylation sites (N-methyl/N-ethyl adjacent to an activating group) is 2. The van der Waals surface area contributed by atoms with Crippen LogP contribution in [0.1, 0.15) is 70.9 Å². The van der Waals surface area contributed by atoms with Gasteiger partial charge in [-0.25, -0.2) is 4.79 Å². The van der Waals surface area contributed by atoms with Crippen LogP contribution in [0.3, 0.4) is 0 Å². The number of benzene rings is 1. The summed E-state index contributed by atoms with van der Waals surface area (Å²) < 4.78 is 11.3. The van der Waals surface area contributed by atoms with Gasteiger partial charge in [-0.2, -0.15) is 0 Å². The first-order valence-corrected chi connectivity index (χ1v) is 14.0. The van der Waals surface area contributed by atoms with Crippen LogP contribution in [-0.2, 0) is 11.3 Å². The number of nitrogens with zero attached hydrogens (tertiary/aromatic N) is 3. The van der Waals surface area contributed by atoms with Gasteiger partial charge in [-0.1, -0.05) is 33.8 Å². The van der Waals surface area contributed by atoms with E-state index in [4.69, 9.17) is 14.9 Å². The highest BCUT2D eigenvalue weighted by Crippen LogP contribution is 2.49. The third-order valence-electron chi connectivity index (χ3n) is 8.77. The Morgan fingerprint density at radius 3 is 2.41 bits per heavy atom. The Balaban J connectivity index is 1.62. The van der Waals surface area contributed by atoms with Gasteiger partial charge >= 0.3 is 6.03 Å². The lowest BCUT2D eigenvalue weighted by atomic mass is 9.81. The van der Waals surface area contributed by atoms with Gasteiger partial charge in [0.15, 0.2) is 0 Å². The number of piperidine rings is 1. The van der Waals surface area contributed by atoms with E-state index in [1.807, 2.05) is 54.5 Å². The molecular weight excluding hydrogens is 494 g/mol. The summed E-state index contributed by atoms with van der Waals surface area (Å²) >= 11 is 0. The average Bonchev–Trinajstić information content (AvgIpc) is 3.01. The molecule has 3 aliphatic rings. The average molecular weight is 540 g/mol. The van der Waals surface area contributed by atoms with Crippen LogP contribution in [0.5, 0.6) is 11.5 Å². The van der Waals surface area contributed by atoms with Crippen molar-refractivity contribution >= 4 is 17.6 Å². The number of carbonyl (C=O) groups is 2. The van der Waals surface area contributed by atoms with Crippen molar-refractivity contribution in [3.8, 4) is 11.5 Å². The van der Waals surface area contributed by atoms with Crippen molar-refractivity contribution in [2.24, 2.45) is 5.41 Å². The van der Waals surface area contributed by atoms with E-state index in [9.17, 15) is 9.59 Å². The predicted octanol–water partition coefficient (Wildman–Crippen LogP) is 4.37. The van der Waals surface area contributed by atoms with Gasteiger partial charge in [-0.15, -0.1) is 0 Å². The summed E-state index contributed by atoms with van der Waals surface area (Å²) in [5.74, 6) is 1.54. The number of hydrogen-bond acceptors (Lipinski definition) is 6. The molecule has 9 nitrogen and oxygen atoms in total. The summed E-state index contributed by atoms with van der Waals surface area (Å²) in [6, 6.07) is 3.50. The highest BCUT2D eigenvalue weighted by atomic mass is 16.5. The second kappa shape index (κ2) is 10.8. The molecule has 1 unspecified atom stereocenters. The molecule has 0 bridgehead atoms. The molecule has 0 aliphatic carbocycles. The van der Waals surface area contributed by atoms with Gasteiger partial charge < -0.3 is 30.0 Å². The Hall–Kier alpha value is -3.07. The summed E-state index contributed by atoms with van der Waals surface area (Å²) in [6.07, 6.45) is 3.97. The first kappa shape index (κ1) is 28.9. The minimum absolute atomic E-state index is 0.0112. The monoisotopic (exact) mass is 539 g/mol. The Morgan fingerprint density at radius 1 is 1.21 bits per heavy atom. The van der Waals surface area contributed by atoms with E-state index in [0.29, 0.717) is 56.9 Å². The van der Waals surface area contributed by atoms with Gasteiger partial charge in [0.05, 0.1) is 32.3 Å². The first-order chi connectivity index (χ1) is 18.4. The number of carbonyl (C=O) groups excluding carboxylic acids is 2. The Kier molecular flexibility index (Phi) is 8.03. The van der Waals surface area contributed by atoms with Gasteiger partial charge in [0.25, 0.3) is 0 Å². The molecule has 0 saturated carbocycles. The number of amides is 3. The van der Waals surface area contributed by atoms with E-state index in [-0.39, 0.29) is 23.3 Å². The lowest BCUT2D eigenvalue weighted by Crippen LogP contribution is -2.57. The summed E-state index contributed by atoms with van der Waals surface area (Å²) in [5.41, 5.74) is 2.97. The van der Waals surface area contributed by atoms with E-state index in [1.165, 1.54) is 0 Å². The summed E-state index contributed by atoms with van der Waals surface area (Å²) in [6.45, 7) is 12.4. The molecule has 39 heavy (non-hydrogen) atoms. The minimum Gasteiger partial charge on any atom is -0.497 e. The van der Waals surface area contributed by atoms with E-state index >= 15 is 0 Å². The van der Waals surface area contributed by atoms with Crippen LogP contribution in [0.25, 0.3) is 0 Å². The smallest absolute Gasteiger partial charge is 0.325 e. The van der Waals surface area contributed by atoms with Crippen molar-refractivity contribution in [1.29, 1.82) is 5.41 Å². The van der Waals surface area contributed by atoms with Crippen molar-refractivity contribution in [2.45, 2.75) is 77.9 Å². The van der Waals surface area contributed by atoms with Gasteiger partial charge in [0.2, 0.25) is 5.91 Å². The highest BCUT2D eigenvalue weighted by molar-refractivity contribution is 5.93. The van der Waals surface area contributed by atoms with Gasteiger partial charge in [0, 0.05) is 55.0 Å². The number of likely N-dealkylation sites (tertiary alicyclic amines) is 1. The van der Waals surface area contributed by atoms with E-state index in [1.54, 1.807) is 21.3 Å². The number of methoxy groups -OCH3 is 2. The quantitative estimate of drug-likeness (QED) is 0.502. The fraction of sp³-hybridized carbons (Fsp3) is 0.633. The zero-order valence-corrected chi connectivity index (χ0v) is 24.8. The molecular formula is C30H45N5O4. The number of allylic oxidation sites excluding steroid dienone is 1. The molecule has 4 rings (SSSR count). The van der Waals surface area contributed by atoms with Crippen molar-refractivity contribution < 1.29 is 19.1 Å². The second-order valence-electron chi connectivity index (χ2n) is 12.0. The molecule has 9 heteroatoms. The normalized spacial score (nSPS) is 21.2. The van der Waals surface area contributed by atoms with Gasteiger partial charge in [-0.3, -0.25) is 9.69 Å². The Labute approximate surface area is 233 Å². The van der Waals surface area contributed by atoms with E-state index in [2.05, 4.69) is 18.3 Å². The van der Waals surface area contributed by atoms with Crippen LogP contribution in [0, 0.1) is 10.8 Å². The van der Waals surface area contributed by atoms with Crippen molar-refractivity contribution in [3.05, 3.63) is 35.0 Å². The number of nitrogens with one attached hydrogen (secondary N) is 2. The minimum atomic E-state index is -0.455. The fourth-order valence-corrected chi connectivity index (χ4v) is 6.40. The van der Waals surface area contributed by atoms with Crippen molar-refractivity contribution in [3.63, 3.8) is 0 Å². The standard InChI is InChI=1S/C30H45N5O4/c1-9-35-28(37)34-18-20-15-21(38-7)16-23(39-8)26(20)19(2)14-25(34)30(35)10-12-33(13-11-30)27(36)22(32-6)17-24(31)29(3,4)5/h14-16,19,22,31-32H,9-13,17-18H2,1-8H3/t19-,22?/m0/s1. The molecule has 214 valence electrons. The third-order valence-corrected chi connectivity index (χ3v) is 8.77. The van der Waals surface area contributed by atoms with Crippen LogP contribution in [0.15, 0.2) is 23.9 Å². The molecule has 2 fully saturated rings. The van der Waals surface area contributed by atoms with Crippen molar-refractivity contribution in [1.82, 2.24) is 20.0 Å².